The van der Waals surface area contributed by atoms with Gasteiger partial charge in [-0.1, -0.05) is 12.2 Å². The molecule has 0 spiro atoms. The molecule has 0 aliphatic heterocycles. The number of allylic oxidation sites excluding steroid dienone is 2. The van der Waals surface area contributed by atoms with E-state index in [2.05, 4.69) is 12.2 Å². The minimum Gasteiger partial charge on any atom is -0.384 e. The Hall–Kier alpha value is -0.510. The SMILES string of the molecule is OC(CC1CC2CC1C1C3C=CC(C3)C21)C(F)(F)F. The van der Waals surface area contributed by atoms with Gasteiger partial charge in [-0.05, 0) is 67.1 Å². The number of aliphatic hydroxyl groups is 1. The van der Waals surface area contributed by atoms with Gasteiger partial charge < -0.3 is 5.11 Å². The van der Waals surface area contributed by atoms with Crippen molar-refractivity contribution in [3.8, 4) is 0 Å². The lowest BCUT2D eigenvalue weighted by molar-refractivity contribution is -0.210. The van der Waals surface area contributed by atoms with Crippen LogP contribution < -0.4 is 0 Å². The zero-order chi connectivity index (χ0) is 13.4. The molecule has 106 valence electrons. The van der Waals surface area contributed by atoms with Crippen LogP contribution in [0.25, 0.3) is 0 Å². The van der Waals surface area contributed by atoms with Crippen molar-refractivity contribution in [1.82, 2.24) is 0 Å². The fourth-order valence-electron chi connectivity index (χ4n) is 5.84. The molecule has 4 bridgehead atoms. The predicted molar refractivity (Wildman–Crippen MR) is 64.1 cm³/mol. The van der Waals surface area contributed by atoms with Crippen LogP contribution in [0.1, 0.15) is 25.7 Å². The van der Waals surface area contributed by atoms with E-state index in [1.54, 1.807) is 0 Å². The van der Waals surface area contributed by atoms with E-state index in [0.717, 1.165) is 18.8 Å². The number of aliphatic hydroxyl groups excluding tert-OH is 1. The highest BCUT2D eigenvalue weighted by atomic mass is 19.4. The van der Waals surface area contributed by atoms with Gasteiger partial charge in [-0.25, -0.2) is 0 Å². The Morgan fingerprint density at radius 1 is 1.05 bits per heavy atom. The third kappa shape index (κ3) is 1.65. The van der Waals surface area contributed by atoms with E-state index in [4.69, 9.17) is 0 Å². The second-order valence-corrected chi connectivity index (χ2v) is 7.05. The first-order chi connectivity index (χ1) is 8.95. The van der Waals surface area contributed by atoms with Gasteiger partial charge in [0, 0.05) is 0 Å². The van der Waals surface area contributed by atoms with Gasteiger partial charge in [0.05, 0.1) is 0 Å². The van der Waals surface area contributed by atoms with Gasteiger partial charge in [0.2, 0.25) is 0 Å². The lowest BCUT2D eigenvalue weighted by atomic mass is 9.68. The number of hydrogen-bond donors (Lipinski definition) is 1. The predicted octanol–water partition coefficient (Wildman–Crippen LogP) is 3.39. The highest BCUT2D eigenvalue weighted by Crippen LogP contribution is 2.67. The lowest BCUT2D eigenvalue weighted by Crippen LogP contribution is -2.36. The molecule has 8 unspecified atom stereocenters. The Morgan fingerprint density at radius 3 is 2.42 bits per heavy atom. The molecule has 1 N–H and O–H groups in total. The molecule has 1 nitrogen and oxygen atoms in total. The molecule has 3 saturated carbocycles. The average Bonchev–Trinajstić information content (AvgIpc) is 3.05. The van der Waals surface area contributed by atoms with Crippen molar-refractivity contribution in [2.45, 2.75) is 38.0 Å². The van der Waals surface area contributed by atoms with E-state index in [1.807, 2.05) is 0 Å². The monoisotopic (exact) mass is 272 g/mol. The summed E-state index contributed by atoms with van der Waals surface area (Å²) in [7, 11) is 0. The lowest BCUT2D eigenvalue weighted by Gasteiger charge is -2.37. The largest absolute Gasteiger partial charge is 0.414 e. The van der Waals surface area contributed by atoms with Crippen LogP contribution in [0.5, 0.6) is 0 Å². The molecule has 0 amide bonds. The Morgan fingerprint density at radius 2 is 1.74 bits per heavy atom. The van der Waals surface area contributed by atoms with Gasteiger partial charge in [0.1, 0.15) is 6.10 Å². The fraction of sp³-hybridized carbons (Fsp3) is 0.867. The van der Waals surface area contributed by atoms with Gasteiger partial charge in [-0.3, -0.25) is 0 Å². The fourth-order valence-corrected chi connectivity index (χ4v) is 5.84. The van der Waals surface area contributed by atoms with E-state index in [0.29, 0.717) is 29.6 Å². The molecule has 19 heavy (non-hydrogen) atoms. The van der Waals surface area contributed by atoms with E-state index in [-0.39, 0.29) is 12.3 Å². The van der Waals surface area contributed by atoms with Gasteiger partial charge in [0.25, 0.3) is 0 Å². The van der Waals surface area contributed by atoms with Crippen molar-refractivity contribution < 1.29 is 18.3 Å². The first-order valence-corrected chi connectivity index (χ1v) is 7.38. The van der Waals surface area contributed by atoms with E-state index in [1.165, 1.54) is 6.42 Å². The summed E-state index contributed by atoms with van der Waals surface area (Å²) in [6.45, 7) is 0. The van der Waals surface area contributed by atoms with Crippen molar-refractivity contribution in [2.24, 2.45) is 41.4 Å². The molecule has 0 aromatic heterocycles. The number of rotatable bonds is 2. The smallest absolute Gasteiger partial charge is 0.384 e. The minimum atomic E-state index is -4.45. The molecule has 3 fully saturated rings. The van der Waals surface area contributed by atoms with Crippen LogP contribution in [-0.2, 0) is 0 Å². The average molecular weight is 272 g/mol. The molecule has 0 radical (unpaired) electrons. The van der Waals surface area contributed by atoms with Crippen LogP contribution in [-0.4, -0.2) is 17.4 Å². The summed E-state index contributed by atoms with van der Waals surface area (Å²) in [5, 5.41) is 9.31. The van der Waals surface area contributed by atoms with Crippen LogP contribution in [0.15, 0.2) is 12.2 Å². The first-order valence-electron chi connectivity index (χ1n) is 7.38. The number of fused-ring (bicyclic) bond motifs is 9. The second-order valence-electron chi connectivity index (χ2n) is 7.05. The van der Waals surface area contributed by atoms with Gasteiger partial charge in [0.15, 0.2) is 0 Å². The minimum absolute atomic E-state index is 0.0744. The number of alkyl halides is 3. The van der Waals surface area contributed by atoms with Crippen molar-refractivity contribution in [1.29, 1.82) is 0 Å². The van der Waals surface area contributed by atoms with Crippen molar-refractivity contribution in [3.63, 3.8) is 0 Å². The Labute approximate surface area is 110 Å². The third-order valence-corrected chi connectivity index (χ3v) is 6.31. The number of hydrogen-bond acceptors (Lipinski definition) is 1. The molecule has 0 saturated heterocycles. The van der Waals surface area contributed by atoms with Crippen LogP contribution in [0.2, 0.25) is 0 Å². The molecule has 4 rings (SSSR count). The van der Waals surface area contributed by atoms with Crippen LogP contribution >= 0.6 is 0 Å². The Balaban J connectivity index is 1.49. The molecule has 8 atom stereocenters. The summed E-state index contributed by atoms with van der Waals surface area (Å²) in [5.74, 6) is 3.86. The third-order valence-electron chi connectivity index (χ3n) is 6.31. The molecule has 4 heteroatoms. The molecule has 0 heterocycles. The topological polar surface area (TPSA) is 20.2 Å². The van der Waals surface area contributed by atoms with E-state index < -0.39 is 12.3 Å². The molecular weight excluding hydrogens is 253 g/mol. The normalized spacial score (nSPS) is 51.9. The summed E-state index contributed by atoms with van der Waals surface area (Å²) in [5.41, 5.74) is 0. The summed E-state index contributed by atoms with van der Waals surface area (Å²) >= 11 is 0. The van der Waals surface area contributed by atoms with Gasteiger partial charge in [-0.15, -0.1) is 0 Å². The molecule has 4 aliphatic rings. The highest BCUT2D eigenvalue weighted by molar-refractivity contribution is 5.20. The summed E-state index contributed by atoms with van der Waals surface area (Å²) in [6.07, 6.45) is 1.25. The molecule has 0 aromatic carbocycles. The zero-order valence-electron chi connectivity index (χ0n) is 10.7. The van der Waals surface area contributed by atoms with E-state index >= 15 is 0 Å². The van der Waals surface area contributed by atoms with Crippen LogP contribution in [0, 0.1) is 41.4 Å². The molecule has 0 aromatic rings. The van der Waals surface area contributed by atoms with E-state index in [9.17, 15) is 18.3 Å². The van der Waals surface area contributed by atoms with Gasteiger partial charge in [-0.2, -0.15) is 13.2 Å². The standard InChI is InChI=1S/C15H19F3O/c16-15(17,18)12(19)6-9-4-10-5-11(9)14-8-2-1-7(3-8)13(10)14/h1-2,7-14,19H,3-6H2. The quantitative estimate of drug-likeness (QED) is 0.603. The van der Waals surface area contributed by atoms with Crippen LogP contribution in [0.4, 0.5) is 13.2 Å². The van der Waals surface area contributed by atoms with Crippen molar-refractivity contribution in [3.05, 3.63) is 12.2 Å². The number of halogens is 3. The highest BCUT2D eigenvalue weighted by Gasteiger charge is 2.61. The van der Waals surface area contributed by atoms with Crippen LogP contribution in [0.3, 0.4) is 0 Å². The summed E-state index contributed by atoms with van der Waals surface area (Å²) < 4.78 is 37.5. The van der Waals surface area contributed by atoms with Gasteiger partial charge >= 0.3 is 6.18 Å². The molecule has 4 aliphatic carbocycles. The maximum Gasteiger partial charge on any atom is 0.414 e. The zero-order valence-corrected chi connectivity index (χ0v) is 10.7. The maximum atomic E-state index is 12.5. The summed E-state index contributed by atoms with van der Waals surface area (Å²) in [4.78, 5) is 0. The van der Waals surface area contributed by atoms with Crippen molar-refractivity contribution >= 4 is 0 Å². The second kappa shape index (κ2) is 3.78. The first kappa shape index (κ1) is 12.2. The maximum absolute atomic E-state index is 12.5. The Bertz CT molecular complexity index is 416. The summed E-state index contributed by atoms with van der Waals surface area (Å²) in [6, 6.07) is 0. The molecular formula is C15H19F3O. The van der Waals surface area contributed by atoms with Crippen molar-refractivity contribution in [2.75, 3.05) is 0 Å². The Kier molecular flexibility index (Phi) is 2.43.